The van der Waals surface area contributed by atoms with E-state index in [9.17, 15) is 8.42 Å². The molecule has 6 nitrogen and oxygen atoms in total. The quantitative estimate of drug-likeness (QED) is 0.563. The molecule has 126 valence electrons. The normalized spacial score (nSPS) is 11.0. The molecule has 0 saturated heterocycles. The van der Waals surface area contributed by atoms with Crippen molar-refractivity contribution in [2.45, 2.75) is 4.90 Å². The number of oxazole rings is 1. The molecule has 3 rings (SSSR count). The minimum absolute atomic E-state index is 0. The van der Waals surface area contributed by atoms with Gasteiger partial charge in [-0.1, -0.05) is 0 Å². The Labute approximate surface area is 168 Å². The van der Waals surface area contributed by atoms with Crippen molar-refractivity contribution in [3.63, 3.8) is 0 Å². The molecule has 0 amide bonds. The van der Waals surface area contributed by atoms with Gasteiger partial charge in [-0.3, -0.25) is 4.55 Å². The van der Waals surface area contributed by atoms with Crippen molar-refractivity contribution in [3.8, 4) is 22.8 Å². The van der Waals surface area contributed by atoms with Crippen LogP contribution in [0.2, 0.25) is 0 Å². The first-order valence-electron chi connectivity index (χ1n) is 7.16. The predicted molar refractivity (Wildman–Crippen MR) is 98.7 cm³/mol. The molecule has 3 aromatic rings. The van der Waals surface area contributed by atoms with Crippen molar-refractivity contribution in [1.29, 1.82) is 0 Å². The van der Waals surface area contributed by atoms with Gasteiger partial charge in [0, 0.05) is 30.9 Å². The van der Waals surface area contributed by atoms with Gasteiger partial charge < -0.3 is 9.32 Å². The van der Waals surface area contributed by atoms with Gasteiger partial charge in [-0.2, -0.15) is 8.42 Å². The van der Waals surface area contributed by atoms with Crippen molar-refractivity contribution in [3.05, 3.63) is 54.7 Å². The van der Waals surface area contributed by atoms with E-state index in [1.807, 2.05) is 43.3 Å². The Morgan fingerprint density at radius 3 is 2.04 bits per heavy atom. The van der Waals surface area contributed by atoms with Crippen molar-refractivity contribution < 1.29 is 17.4 Å². The number of hydrogen-bond donors (Lipinski definition) is 1. The van der Waals surface area contributed by atoms with Crippen LogP contribution in [0.15, 0.2) is 64.0 Å². The monoisotopic (exact) mass is 368 g/mol. The van der Waals surface area contributed by atoms with Gasteiger partial charge in [-0.15, -0.1) is 0 Å². The molecule has 1 heterocycles. The molecule has 0 saturated carbocycles. The summed E-state index contributed by atoms with van der Waals surface area (Å²) in [5, 5.41) is 0. The van der Waals surface area contributed by atoms with E-state index in [2.05, 4.69) is 4.98 Å². The number of aromatic nitrogens is 1. The van der Waals surface area contributed by atoms with E-state index < -0.39 is 10.1 Å². The van der Waals surface area contributed by atoms with Crippen molar-refractivity contribution in [2.75, 3.05) is 19.0 Å². The molecule has 0 atom stereocenters. The van der Waals surface area contributed by atoms with E-state index in [4.69, 9.17) is 8.97 Å². The zero-order valence-electron chi connectivity index (χ0n) is 13.2. The van der Waals surface area contributed by atoms with Gasteiger partial charge in [0.25, 0.3) is 10.1 Å². The summed E-state index contributed by atoms with van der Waals surface area (Å²) in [5.74, 6) is 0.998. The summed E-state index contributed by atoms with van der Waals surface area (Å²) in [4.78, 5) is 6.06. The number of hydrogen-bond acceptors (Lipinski definition) is 5. The van der Waals surface area contributed by atoms with Gasteiger partial charge in [0.1, 0.15) is 0 Å². The van der Waals surface area contributed by atoms with Crippen LogP contribution in [-0.4, -0.2) is 61.6 Å². The van der Waals surface area contributed by atoms with Crippen molar-refractivity contribution >= 4 is 45.4 Å². The van der Waals surface area contributed by atoms with Crippen molar-refractivity contribution in [1.82, 2.24) is 4.98 Å². The van der Waals surface area contributed by atoms with Crippen LogP contribution in [0, 0.1) is 0 Å². The van der Waals surface area contributed by atoms with Gasteiger partial charge in [-0.25, -0.2) is 4.98 Å². The third-order valence-electron chi connectivity index (χ3n) is 3.57. The molecule has 25 heavy (non-hydrogen) atoms. The van der Waals surface area contributed by atoms with E-state index in [1.165, 1.54) is 24.3 Å². The van der Waals surface area contributed by atoms with Crippen LogP contribution in [0.5, 0.6) is 0 Å². The summed E-state index contributed by atoms with van der Waals surface area (Å²) < 4.78 is 36.9. The van der Waals surface area contributed by atoms with Crippen LogP contribution in [0.25, 0.3) is 22.8 Å². The van der Waals surface area contributed by atoms with Gasteiger partial charge in [0.05, 0.1) is 11.1 Å². The van der Waals surface area contributed by atoms with Gasteiger partial charge in [0.2, 0.25) is 5.89 Å². The Kier molecular flexibility index (Phi) is 6.08. The summed E-state index contributed by atoms with van der Waals surface area (Å²) in [5.41, 5.74) is 2.60. The average Bonchev–Trinajstić information content (AvgIpc) is 3.04. The number of rotatable bonds is 4. The predicted octanol–water partition coefficient (Wildman–Crippen LogP) is 2.67. The number of anilines is 1. The Bertz CT molecular complexity index is 949. The summed E-state index contributed by atoms with van der Waals surface area (Å²) in [6.07, 6.45) is 1.62. The maximum atomic E-state index is 11.1. The summed E-state index contributed by atoms with van der Waals surface area (Å²) in [7, 11) is -0.266. The zero-order chi connectivity index (χ0) is 17.3. The van der Waals surface area contributed by atoms with E-state index >= 15 is 0 Å². The Balaban J connectivity index is 0.00000225. The number of nitrogens with zero attached hydrogens (tertiary/aromatic N) is 2. The van der Waals surface area contributed by atoms with Crippen LogP contribution in [-0.2, 0) is 10.1 Å². The van der Waals surface area contributed by atoms with E-state index in [-0.39, 0.29) is 34.5 Å². The molecule has 0 radical (unpaired) electrons. The Morgan fingerprint density at radius 2 is 1.52 bits per heavy atom. The first-order valence-corrected chi connectivity index (χ1v) is 8.60. The molecule has 0 aliphatic rings. The van der Waals surface area contributed by atoms with Gasteiger partial charge in [-0.05, 0) is 48.5 Å². The molecule has 0 unspecified atom stereocenters. The molecule has 0 spiro atoms. The van der Waals surface area contributed by atoms with Crippen LogP contribution >= 0.6 is 0 Å². The molecular weight excluding hydrogens is 351 g/mol. The van der Waals surface area contributed by atoms with E-state index in [0.717, 1.165) is 11.3 Å². The second-order valence-corrected chi connectivity index (χ2v) is 6.89. The van der Waals surface area contributed by atoms with Crippen LogP contribution in [0.4, 0.5) is 5.69 Å². The summed E-state index contributed by atoms with van der Waals surface area (Å²) in [6.45, 7) is 0. The standard InChI is InChI=1S/C17H16N2O4S.Na.H/c1-19(2)14-7-3-12(4-8-14)16-11-18-17(23-16)13-5-9-15(10-6-13)24(20,21)22;;/h3-11H,1-2H3,(H,20,21,22);;. The molecule has 1 N–H and O–H groups in total. The molecule has 1 aromatic heterocycles. The third-order valence-corrected chi connectivity index (χ3v) is 4.44. The summed E-state index contributed by atoms with van der Waals surface area (Å²) >= 11 is 0. The third kappa shape index (κ3) is 4.50. The topological polar surface area (TPSA) is 83.6 Å². The second kappa shape index (κ2) is 7.72. The van der Waals surface area contributed by atoms with E-state index in [1.54, 1.807) is 6.20 Å². The minimum atomic E-state index is -4.21. The van der Waals surface area contributed by atoms with Crippen LogP contribution in [0.1, 0.15) is 0 Å². The van der Waals surface area contributed by atoms with Gasteiger partial charge >= 0.3 is 29.6 Å². The zero-order valence-corrected chi connectivity index (χ0v) is 14.0. The molecule has 0 aliphatic carbocycles. The van der Waals surface area contributed by atoms with Crippen LogP contribution < -0.4 is 4.90 Å². The van der Waals surface area contributed by atoms with Crippen LogP contribution in [0.3, 0.4) is 0 Å². The molecule has 0 aliphatic heterocycles. The molecule has 0 fully saturated rings. The maximum absolute atomic E-state index is 11.1. The second-order valence-electron chi connectivity index (χ2n) is 5.47. The SMILES string of the molecule is CN(C)c1ccc(-c2cnc(-c3ccc(S(=O)(=O)O)cc3)o2)cc1.[NaH]. The van der Waals surface area contributed by atoms with Crippen molar-refractivity contribution in [2.24, 2.45) is 0 Å². The molecule has 2 aromatic carbocycles. The average molecular weight is 368 g/mol. The first kappa shape index (κ1) is 19.7. The first-order chi connectivity index (χ1) is 11.3. The fraction of sp³-hybridized carbons (Fsp3) is 0.118. The fourth-order valence-electron chi connectivity index (χ4n) is 2.23. The Hall–Kier alpha value is -1.64. The molecule has 8 heteroatoms. The van der Waals surface area contributed by atoms with E-state index in [0.29, 0.717) is 17.2 Å². The fourth-order valence-corrected chi connectivity index (χ4v) is 2.71. The van der Waals surface area contributed by atoms with Gasteiger partial charge in [0.15, 0.2) is 5.76 Å². The number of benzene rings is 2. The summed E-state index contributed by atoms with van der Waals surface area (Å²) in [6, 6.07) is 13.5. The Morgan fingerprint density at radius 1 is 0.960 bits per heavy atom. The molecule has 0 bridgehead atoms. The molecular formula is C17H17N2NaO4S.